The Labute approximate surface area is 90.8 Å². The van der Waals surface area contributed by atoms with Crippen molar-refractivity contribution in [2.24, 2.45) is 0 Å². The third-order valence-corrected chi connectivity index (χ3v) is 5.36. The van der Waals surface area contributed by atoms with Crippen LogP contribution in [0.3, 0.4) is 0 Å². The van der Waals surface area contributed by atoms with E-state index in [0.29, 0.717) is 0 Å². The number of hydrogen-bond acceptors (Lipinski definition) is 1. The van der Waals surface area contributed by atoms with Crippen LogP contribution in [0.1, 0.15) is 26.2 Å². The van der Waals surface area contributed by atoms with Gasteiger partial charge in [-0.05, 0) is 38.4 Å². The van der Waals surface area contributed by atoms with Crippen molar-refractivity contribution in [3.63, 3.8) is 0 Å². The molecule has 2 heteroatoms. The highest BCUT2D eigenvalue weighted by atomic mass is 28.3. The fourth-order valence-electron chi connectivity index (χ4n) is 2.18. The highest BCUT2D eigenvalue weighted by Crippen LogP contribution is 2.18. The van der Waals surface area contributed by atoms with Gasteiger partial charge in [-0.3, -0.25) is 0 Å². The molecule has 0 bridgehead atoms. The summed E-state index contributed by atoms with van der Waals surface area (Å²) in [6.45, 7) is 11.1. The molecule has 1 saturated heterocycles. The molecule has 1 fully saturated rings. The minimum absolute atomic E-state index is 0.503. The predicted molar refractivity (Wildman–Crippen MR) is 67.7 cm³/mol. The second-order valence-corrected chi connectivity index (χ2v) is 8.14. The standard InChI is InChI=1S/C12H25NSi/c1-4-8-12(14(2)3)11-13-9-6-5-7-10-13/h4,8,12,14H,5-7,9-11H2,1-3H3. The van der Waals surface area contributed by atoms with E-state index in [0.717, 1.165) is 5.54 Å². The summed E-state index contributed by atoms with van der Waals surface area (Å²) in [5.74, 6) is 0. The molecule has 82 valence electrons. The zero-order chi connectivity index (χ0) is 10.4. The number of piperidine rings is 1. The van der Waals surface area contributed by atoms with E-state index in [4.69, 9.17) is 0 Å². The average Bonchev–Trinajstić information content (AvgIpc) is 2.18. The average molecular weight is 211 g/mol. The summed E-state index contributed by atoms with van der Waals surface area (Å²) in [5, 5.41) is 0. The largest absolute Gasteiger partial charge is 0.303 e. The lowest BCUT2D eigenvalue weighted by Crippen LogP contribution is -2.34. The van der Waals surface area contributed by atoms with E-state index in [2.05, 4.69) is 37.1 Å². The molecule has 1 unspecified atom stereocenters. The summed E-state index contributed by atoms with van der Waals surface area (Å²) in [7, 11) is -0.503. The van der Waals surface area contributed by atoms with Gasteiger partial charge in [-0.2, -0.15) is 0 Å². The van der Waals surface area contributed by atoms with Crippen LogP contribution in [0.2, 0.25) is 18.6 Å². The minimum Gasteiger partial charge on any atom is -0.303 e. The van der Waals surface area contributed by atoms with E-state index >= 15 is 0 Å². The van der Waals surface area contributed by atoms with Crippen LogP contribution < -0.4 is 0 Å². The molecule has 0 amide bonds. The van der Waals surface area contributed by atoms with Crippen molar-refractivity contribution < 1.29 is 0 Å². The Morgan fingerprint density at radius 2 is 1.86 bits per heavy atom. The Morgan fingerprint density at radius 3 is 2.36 bits per heavy atom. The number of allylic oxidation sites excluding steroid dienone is 1. The van der Waals surface area contributed by atoms with E-state index < -0.39 is 8.80 Å². The topological polar surface area (TPSA) is 3.24 Å². The maximum absolute atomic E-state index is 2.67. The Kier molecular flexibility index (Phi) is 5.49. The first-order chi connectivity index (χ1) is 6.74. The van der Waals surface area contributed by atoms with E-state index in [1.54, 1.807) is 0 Å². The van der Waals surface area contributed by atoms with Crippen LogP contribution in [0.15, 0.2) is 12.2 Å². The zero-order valence-electron chi connectivity index (χ0n) is 10.00. The van der Waals surface area contributed by atoms with Gasteiger partial charge >= 0.3 is 0 Å². The summed E-state index contributed by atoms with van der Waals surface area (Å²) in [6.07, 6.45) is 8.96. The fourth-order valence-corrected chi connectivity index (χ4v) is 3.57. The molecule has 0 radical (unpaired) electrons. The van der Waals surface area contributed by atoms with Gasteiger partial charge < -0.3 is 4.90 Å². The molecule has 0 saturated carbocycles. The van der Waals surface area contributed by atoms with Gasteiger partial charge in [0, 0.05) is 15.3 Å². The van der Waals surface area contributed by atoms with Gasteiger partial charge in [-0.1, -0.05) is 31.7 Å². The monoisotopic (exact) mass is 211 g/mol. The normalized spacial score (nSPS) is 22.0. The molecular formula is C12H25NSi. The van der Waals surface area contributed by atoms with Gasteiger partial charge in [-0.25, -0.2) is 0 Å². The number of hydrogen-bond donors (Lipinski definition) is 0. The Morgan fingerprint density at radius 1 is 1.21 bits per heavy atom. The molecule has 0 aromatic carbocycles. The van der Waals surface area contributed by atoms with E-state index in [-0.39, 0.29) is 0 Å². The second-order valence-electron chi connectivity index (χ2n) is 4.79. The van der Waals surface area contributed by atoms with Gasteiger partial charge in [0.15, 0.2) is 0 Å². The van der Waals surface area contributed by atoms with Crippen molar-refractivity contribution in [1.29, 1.82) is 0 Å². The van der Waals surface area contributed by atoms with Crippen molar-refractivity contribution >= 4 is 8.80 Å². The third kappa shape index (κ3) is 3.97. The van der Waals surface area contributed by atoms with Crippen LogP contribution in [-0.2, 0) is 0 Å². The van der Waals surface area contributed by atoms with Gasteiger partial charge in [0.05, 0.1) is 0 Å². The zero-order valence-corrected chi connectivity index (χ0v) is 11.2. The van der Waals surface area contributed by atoms with Crippen LogP contribution >= 0.6 is 0 Å². The lowest BCUT2D eigenvalue weighted by atomic mass is 10.1. The number of rotatable bonds is 4. The first-order valence-corrected chi connectivity index (χ1v) is 9.07. The van der Waals surface area contributed by atoms with Gasteiger partial charge in [-0.15, -0.1) is 0 Å². The Bertz CT molecular complexity index is 171. The van der Waals surface area contributed by atoms with Gasteiger partial charge in [0.2, 0.25) is 0 Å². The minimum atomic E-state index is -0.503. The summed E-state index contributed by atoms with van der Waals surface area (Å²) >= 11 is 0. The molecule has 0 aromatic rings. The maximum atomic E-state index is 2.67. The van der Waals surface area contributed by atoms with Crippen molar-refractivity contribution in [2.45, 2.75) is 44.8 Å². The smallest absolute Gasteiger partial charge is 0.0396 e. The molecule has 14 heavy (non-hydrogen) atoms. The molecule has 0 spiro atoms. The van der Waals surface area contributed by atoms with E-state index in [9.17, 15) is 0 Å². The Hall–Kier alpha value is -0.0831. The molecule has 1 aliphatic heterocycles. The summed E-state index contributed by atoms with van der Waals surface area (Å²) in [5.41, 5.74) is 0.887. The number of nitrogens with zero attached hydrogens (tertiary/aromatic N) is 1. The SMILES string of the molecule is CC=CC(CN1CCCCC1)[SiH](C)C. The molecule has 1 nitrogen and oxygen atoms in total. The van der Waals surface area contributed by atoms with Crippen LogP contribution in [-0.4, -0.2) is 33.3 Å². The summed E-state index contributed by atoms with van der Waals surface area (Å²) in [4.78, 5) is 2.67. The molecule has 0 aliphatic carbocycles. The molecule has 0 aromatic heterocycles. The maximum Gasteiger partial charge on any atom is 0.0396 e. The van der Waals surface area contributed by atoms with E-state index in [1.165, 1.54) is 38.9 Å². The molecule has 1 heterocycles. The fraction of sp³-hybridized carbons (Fsp3) is 0.833. The summed E-state index contributed by atoms with van der Waals surface area (Å²) in [6, 6.07) is 0. The molecular weight excluding hydrogens is 186 g/mol. The van der Waals surface area contributed by atoms with Crippen molar-refractivity contribution in [2.75, 3.05) is 19.6 Å². The summed E-state index contributed by atoms with van der Waals surface area (Å²) < 4.78 is 0. The molecule has 1 atom stereocenters. The van der Waals surface area contributed by atoms with Crippen molar-refractivity contribution in [1.82, 2.24) is 4.90 Å². The highest BCUT2D eigenvalue weighted by molar-refractivity contribution is 6.58. The van der Waals surface area contributed by atoms with Crippen LogP contribution in [0.25, 0.3) is 0 Å². The first-order valence-electron chi connectivity index (χ1n) is 6.09. The molecule has 1 aliphatic rings. The molecule has 0 N–H and O–H groups in total. The quantitative estimate of drug-likeness (QED) is 0.510. The van der Waals surface area contributed by atoms with Crippen LogP contribution in [0, 0.1) is 0 Å². The van der Waals surface area contributed by atoms with Gasteiger partial charge in [0.25, 0.3) is 0 Å². The predicted octanol–water partition coefficient (Wildman–Crippen LogP) is 2.91. The van der Waals surface area contributed by atoms with Gasteiger partial charge in [0.1, 0.15) is 0 Å². The first kappa shape index (κ1) is 12.0. The van der Waals surface area contributed by atoms with Crippen molar-refractivity contribution in [3.05, 3.63) is 12.2 Å². The second kappa shape index (κ2) is 6.41. The Balaban J connectivity index is 2.37. The lowest BCUT2D eigenvalue weighted by molar-refractivity contribution is 0.232. The van der Waals surface area contributed by atoms with Crippen LogP contribution in [0.4, 0.5) is 0 Å². The lowest BCUT2D eigenvalue weighted by Gasteiger charge is -2.30. The van der Waals surface area contributed by atoms with E-state index in [1.807, 2.05) is 0 Å². The third-order valence-electron chi connectivity index (χ3n) is 3.21. The number of likely N-dealkylation sites (tertiary alicyclic amines) is 1. The highest BCUT2D eigenvalue weighted by Gasteiger charge is 2.17. The van der Waals surface area contributed by atoms with Crippen LogP contribution in [0.5, 0.6) is 0 Å². The van der Waals surface area contributed by atoms with Crippen molar-refractivity contribution in [3.8, 4) is 0 Å². The molecule has 1 rings (SSSR count).